The summed E-state index contributed by atoms with van der Waals surface area (Å²) in [5, 5.41) is 9.51. The Morgan fingerprint density at radius 3 is 2.75 bits per heavy atom. The first-order valence-corrected chi connectivity index (χ1v) is 8.04. The van der Waals surface area contributed by atoms with Gasteiger partial charge in [-0.15, -0.1) is 0 Å². The number of anilines is 1. The molecule has 1 amide bonds. The number of ether oxygens (including phenoxy) is 1. The van der Waals surface area contributed by atoms with Gasteiger partial charge in [0.1, 0.15) is 0 Å². The highest BCUT2D eigenvalue weighted by molar-refractivity contribution is 5.97. The molecule has 0 bridgehead atoms. The molecule has 0 radical (unpaired) electrons. The lowest BCUT2D eigenvalue weighted by Gasteiger charge is -2.14. The van der Waals surface area contributed by atoms with Gasteiger partial charge in [0.05, 0.1) is 0 Å². The molecular formula is C18H23N3O3. The van der Waals surface area contributed by atoms with Gasteiger partial charge < -0.3 is 10.1 Å². The van der Waals surface area contributed by atoms with Crippen LogP contribution >= 0.6 is 0 Å². The molecule has 0 saturated carbocycles. The van der Waals surface area contributed by atoms with Crippen LogP contribution in [0.15, 0.2) is 24.3 Å². The molecule has 128 valence electrons. The lowest BCUT2D eigenvalue weighted by atomic mass is 10.1. The van der Waals surface area contributed by atoms with Crippen molar-refractivity contribution in [2.45, 2.75) is 46.6 Å². The third-order valence-electron chi connectivity index (χ3n) is 3.66. The molecule has 2 rings (SSSR count). The number of carbonyl (C=O) groups is 2. The van der Waals surface area contributed by atoms with Gasteiger partial charge in [0.25, 0.3) is 5.91 Å². The van der Waals surface area contributed by atoms with Crippen molar-refractivity contribution in [1.82, 2.24) is 10.2 Å². The number of hydrogen-bond donors (Lipinski definition) is 2. The Kier molecular flexibility index (Phi) is 5.73. The van der Waals surface area contributed by atoms with Crippen molar-refractivity contribution in [3.8, 4) is 0 Å². The quantitative estimate of drug-likeness (QED) is 0.797. The SMILES string of the molecule is CCCc1cc(C(=O)OC(C)C(=O)Nc2cc(C)ccc2C)n[nH]1. The Balaban J connectivity index is 1.97. The van der Waals surface area contributed by atoms with Crippen molar-refractivity contribution in [1.29, 1.82) is 0 Å². The number of amides is 1. The monoisotopic (exact) mass is 329 g/mol. The lowest BCUT2D eigenvalue weighted by molar-refractivity contribution is -0.123. The van der Waals surface area contributed by atoms with E-state index in [4.69, 9.17) is 4.74 Å². The van der Waals surface area contributed by atoms with Crippen molar-refractivity contribution >= 4 is 17.6 Å². The van der Waals surface area contributed by atoms with Crippen LogP contribution in [0.1, 0.15) is 47.6 Å². The molecule has 1 atom stereocenters. The number of rotatable bonds is 6. The van der Waals surface area contributed by atoms with Crippen molar-refractivity contribution in [3.05, 3.63) is 46.8 Å². The molecule has 0 spiro atoms. The van der Waals surface area contributed by atoms with Crippen LogP contribution < -0.4 is 5.32 Å². The van der Waals surface area contributed by atoms with Gasteiger partial charge >= 0.3 is 5.97 Å². The van der Waals surface area contributed by atoms with Crippen molar-refractivity contribution in [2.24, 2.45) is 0 Å². The fourth-order valence-corrected chi connectivity index (χ4v) is 2.24. The maximum atomic E-state index is 12.2. The van der Waals surface area contributed by atoms with E-state index < -0.39 is 12.1 Å². The summed E-state index contributed by atoms with van der Waals surface area (Å²) in [6.45, 7) is 7.44. The van der Waals surface area contributed by atoms with E-state index >= 15 is 0 Å². The highest BCUT2D eigenvalue weighted by Crippen LogP contribution is 2.17. The minimum absolute atomic E-state index is 0.185. The topological polar surface area (TPSA) is 84.1 Å². The summed E-state index contributed by atoms with van der Waals surface area (Å²) in [6.07, 6.45) is 0.845. The zero-order chi connectivity index (χ0) is 17.7. The second-order valence-electron chi connectivity index (χ2n) is 5.88. The first-order valence-electron chi connectivity index (χ1n) is 8.04. The zero-order valence-electron chi connectivity index (χ0n) is 14.5. The van der Waals surface area contributed by atoms with Gasteiger partial charge in [-0.2, -0.15) is 5.10 Å². The van der Waals surface area contributed by atoms with Crippen LogP contribution in [-0.4, -0.2) is 28.2 Å². The predicted octanol–water partition coefficient (Wildman–Crippen LogP) is 3.16. The molecule has 1 aromatic carbocycles. The predicted molar refractivity (Wildman–Crippen MR) is 92.0 cm³/mol. The van der Waals surface area contributed by atoms with E-state index in [9.17, 15) is 9.59 Å². The molecule has 1 heterocycles. The standard InChI is InChI=1S/C18H23N3O3/c1-5-6-14-10-16(21-20-14)18(23)24-13(4)17(22)19-15-9-11(2)7-8-12(15)3/h7-10,13H,5-6H2,1-4H3,(H,19,22)(H,20,21). The summed E-state index contributed by atoms with van der Waals surface area (Å²) in [4.78, 5) is 24.3. The van der Waals surface area contributed by atoms with Gasteiger partial charge in [0.15, 0.2) is 11.8 Å². The third-order valence-corrected chi connectivity index (χ3v) is 3.66. The molecule has 2 aromatic rings. The van der Waals surface area contributed by atoms with Gasteiger partial charge in [-0.1, -0.05) is 25.5 Å². The van der Waals surface area contributed by atoms with Crippen LogP contribution in [0.2, 0.25) is 0 Å². The number of esters is 1. The Morgan fingerprint density at radius 1 is 1.29 bits per heavy atom. The van der Waals surface area contributed by atoms with Gasteiger partial charge in [-0.3, -0.25) is 9.89 Å². The first kappa shape index (κ1) is 17.7. The van der Waals surface area contributed by atoms with Gasteiger partial charge in [0, 0.05) is 11.4 Å². The molecule has 6 heteroatoms. The number of hydrogen-bond acceptors (Lipinski definition) is 4. The fraction of sp³-hybridized carbons (Fsp3) is 0.389. The Bertz CT molecular complexity index is 737. The largest absolute Gasteiger partial charge is 0.448 e. The second kappa shape index (κ2) is 7.77. The number of nitrogens with one attached hydrogen (secondary N) is 2. The number of benzene rings is 1. The van der Waals surface area contributed by atoms with Crippen LogP contribution in [0.3, 0.4) is 0 Å². The third kappa shape index (κ3) is 4.44. The molecule has 0 aliphatic rings. The molecular weight excluding hydrogens is 306 g/mol. The Morgan fingerprint density at radius 2 is 2.04 bits per heavy atom. The van der Waals surface area contributed by atoms with Crippen LogP contribution in [0, 0.1) is 13.8 Å². The van der Waals surface area contributed by atoms with E-state index in [0.29, 0.717) is 5.69 Å². The van der Waals surface area contributed by atoms with Crippen LogP contribution in [0.4, 0.5) is 5.69 Å². The first-order chi connectivity index (χ1) is 11.4. The molecule has 1 aromatic heterocycles. The van der Waals surface area contributed by atoms with Gasteiger partial charge in [-0.05, 0) is 50.5 Å². The maximum Gasteiger partial charge on any atom is 0.359 e. The highest BCUT2D eigenvalue weighted by atomic mass is 16.5. The van der Waals surface area contributed by atoms with E-state index in [-0.39, 0.29) is 11.6 Å². The minimum atomic E-state index is -0.913. The van der Waals surface area contributed by atoms with E-state index in [2.05, 4.69) is 15.5 Å². The average Bonchev–Trinajstić information content (AvgIpc) is 3.00. The summed E-state index contributed by atoms with van der Waals surface area (Å²) < 4.78 is 5.20. The number of aromatic nitrogens is 2. The Hall–Kier alpha value is -2.63. The fourth-order valence-electron chi connectivity index (χ4n) is 2.24. The number of carbonyl (C=O) groups excluding carboxylic acids is 2. The smallest absolute Gasteiger partial charge is 0.359 e. The lowest BCUT2D eigenvalue weighted by Crippen LogP contribution is -2.30. The molecule has 0 fully saturated rings. The molecule has 0 aliphatic carbocycles. The summed E-state index contributed by atoms with van der Waals surface area (Å²) in [5.41, 5.74) is 3.76. The summed E-state index contributed by atoms with van der Waals surface area (Å²) in [5.74, 6) is -0.987. The zero-order valence-corrected chi connectivity index (χ0v) is 14.5. The minimum Gasteiger partial charge on any atom is -0.448 e. The van der Waals surface area contributed by atoms with E-state index in [1.807, 2.05) is 39.0 Å². The summed E-state index contributed by atoms with van der Waals surface area (Å²) >= 11 is 0. The average molecular weight is 329 g/mol. The van der Waals surface area contributed by atoms with E-state index in [0.717, 1.165) is 29.7 Å². The number of aryl methyl sites for hydroxylation is 3. The summed E-state index contributed by atoms with van der Waals surface area (Å²) in [7, 11) is 0. The molecule has 0 aliphatic heterocycles. The van der Waals surface area contributed by atoms with Gasteiger partial charge in [0.2, 0.25) is 0 Å². The van der Waals surface area contributed by atoms with Crippen LogP contribution in [0.5, 0.6) is 0 Å². The summed E-state index contributed by atoms with van der Waals surface area (Å²) in [6, 6.07) is 7.44. The van der Waals surface area contributed by atoms with Crippen molar-refractivity contribution in [2.75, 3.05) is 5.32 Å². The highest BCUT2D eigenvalue weighted by Gasteiger charge is 2.21. The Labute approximate surface area is 141 Å². The second-order valence-corrected chi connectivity index (χ2v) is 5.88. The molecule has 24 heavy (non-hydrogen) atoms. The maximum absolute atomic E-state index is 12.2. The molecule has 2 N–H and O–H groups in total. The molecule has 0 saturated heterocycles. The van der Waals surface area contributed by atoms with E-state index in [1.54, 1.807) is 6.07 Å². The molecule has 1 unspecified atom stereocenters. The molecule has 6 nitrogen and oxygen atoms in total. The number of H-pyrrole nitrogens is 1. The van der Waals surface area contributed by atoms with Crippen molar-refractivity contribution in [3.63, 3.8) is 0 Å². The van der Waals surface area contributed by atoms with Crippen LogP contribution in [-0.2, 0) is 16.0 Å². The van der Waals surface area contributed by atoms with Gasteiger partial charge in [-0.25, -0.2) is 4.79 Å². The number of aromatic amines is 1. The van der Waals surface area contributed by atoms with Crippen LogP contribution in [0.25, 0.3) is 0 Å². The normalized spacial score (nSPS) is 11.8. The number of nitrogens with zero attached hydrogens (tertiary/aromatic N) is 1. The van der Waals surface area contributed by atoms with E-state index in [1.165, 1.54) is 6.92 Å². The van der Waals surface area contributed by atoms with Crippen molar-refractivity contribution < 1.29 is 14.3 Å².